The maximum Gasteiger partial charge on any atom is 0.179 e. The summed E-state index contributed by atoms with van der Waals surface area (Å²) in [4.78, 5) is 8.66. The average molecular weight is 362 g/mol. The fraction of sp³-hybridized carbons (Fsp3) is 1.00. The van der Waals surface area contributed by atoms with E-state index in [0.717, 1.165) is 0 Å². The zero-order valence-electron chi connectivity index (χ0n) is 13.5. The van der Waals surface area contributed by atoms with E-state index in [1.807, 2.05) is 19.6 Å². The molecule has 0 fully saturated rings. The molecule has 0 aromatic rings. The first-order chi connectivity index (χ1) is 7.20. The van der Waals surface area contributed by atoms with E-state index in [4.69, 9.17) is 20.1 Å². The Morgan fingerprint density at radius 2 is 0.611 bits per heavy atom. The monoisotopic (exact) mass is 360 g/mol. The van der Waals surface area contributed by atoms with Crippen LogP contribution in [0.1, 0.15) is 41.5 Å². The van der Waals surface area contributed by atoms with Crippen LogP contribution in [0.2, 0.25) is 19.6 Å². The fourth-order valence-corrected chi connectivity index (χ4v) is 0. The molecule has 0 aromatic carbocycles. The van der Waals surface area contributed by atoms with Crippen LogP contribution in [0.5, 0.6) is 0 Å². The Balaban J connectivity index is -0.0000000412. The molecule has 0 rings (SSSR count). The van der Waals surface area contributed by atoms with Gasteiger partial charge in [-0.3, -0.25) is 0 Å². The molecule has 6 heteroatoms. The molecular formula is C12H34O4SiZr. The summed E-state index contributed by atoms with van der Waals surface area (Å²) in [5.74, 6) is 0. The van der Waals surface area contributed by atoms with Gasteiger partial charge < -0.3 is 20.1 Å². The van der Waals surface area contributed by atoms with Crippen LogP contribution in [0.4, 0.5) is 0 Å². The van der Waals surface area contributed by atoms with Gasteiger partial charge in [-0.1, -0.05) is 0 Å². The van der Waals surface area contributed by atoms with Crippen LogP contribution < -0.4 is 0 Å². The molecule has 4 N–H and O–H groups in total. The first kappa shape index (κ1) is 31.4. The first-order valence-corrected chi connectivity index (χ1v) is 9.41. The molecule has 0 aliphatic heterocycles. The molecule has 0 aliphatic rings. The van der Waals surface area contributed by atoms with Gasteiger partial charge in [-0.25, -0.2) is 0 Å². The summed E-state index contributed by atoms with van der Waals surface area (Å²) in [5.41, 5.74) is 0. The molecule has 0 saturated heterocycles. The number of hydrogen-bond donors (Lipinski definition) is 4. The van der Waals surface area contributed by atoms with E-state index in [0.29, 0.717) is 0 Å². The van der Waals surface area contributed by atoms with Crippen molar-refractivity contribution in [3.05, 3.63) is 0 Å². The van der Waals surface area contributed by atoms with Gasteiger partial charge in [0.15, 0.2) is 8.32 Å². The van der Waals surface area contributed by atoms with Gasteiger partial charge in [0.1, 0.15) is 0 Å². The summed E-state index contributed by atoms with van der Waals surface area (Å²) in [6, 6.07) is 0. The molecule has 0 amide bonds. The van der Waals surface area contributed by atoms with Gasteiger partial charge in [0, 0.05) is 44.5 Å². The van der Waals surface area contributed by atoms with Crippen LogP contribution in [0, 0.1) is 0 Å². The number of aliphatic hydroxyl groups excluding tert-OH is 3. The van der Waals surface area contributed by atoms with Crippen LogP contribution in [-0.2, 0) is 26.2 Å². The van der Waals surface area contributed by atoms with E-state index in [9.17, 15) is 0 Å². The van der Waals surface area contributed by atoms with Gasteiger partial charge in [0.25, 0.3) is 0 Å². The van der Waals surface area contributed by atoms with Crippen molar-refractivity contribution >= 4 is 8.32 Å². The van der Waals surface area contributed by atoms with E-state index >= 15 is 0 Å². The molecule has 0 atom stereocenters. The van der Waals surface area contributed by atoms with Crippen molar-refractivity contribution in [3.8, 4) is 0 Å². The summed E-state index contributed by atoms with van der Waals surface area (Å²) < 4.78 is 0. The zero-order chi connectivity index (χ0) is 15.2. The maximum absolute atomic E-state index is 8.66. The molecule has 18 heavy (non-hydrogen) atoms. The van der Waals surface area contributed by atoms with Crippen LogP contribution >= 0.6 is 0 Å². The van der Waals surface area contributed by atoms with Crippen molar-refractivity contribution in [2.45, 2.75) is 79.5 Å². The molecule has 0 aromatic heterocycles. The van der Waals surface area contributed by atoms with E-state index in [1.54, 1.807) is 41.5 Å². The predicted octanol–water partition coefficient (Wildman–Crippen LogP) is 1.97. The molecule has 114 valence electrons. The molecule has 0 aliphatic carbocycles. The number of rotatable bonds is 0. The van der Waals surface area contributed by atoms with Crippen molar-refractivity contribution in [3.63, 3.8) is 0 Å². The Kier molecular flexibility index (Phi) is 35.3. The topological polar surface area (TPSA) is 80.9 Å². The van der Waals surface area contributed by atoms with Crippen LogP contribution in [0.3, 0.4) is 0 Å². The standard InChI is InChI=1S/C3H10OSi.3C3H8O.Zr/c1-5(2,3)4;3*1-3(2)4;/h4H,1-3H3;3*3-4H,1-2H3;. The SMILES string of the molecule is CC(C)O.CC(C)O.CC(C)O.C[Si](C)(C)O.[Zr]. The van der Waals surface area contributed by atoms with E-state index in [2.05, 4.69) is 0 Å². The van der Waals surface area contributed by atoms with Gasteiger partial charge in [-0.2, -0.15) is 0 Å². The van der Waals surface area contributed by atoms with E-state index in [-0.39, 0.29) is 44.5 Å². The molecule has 0 heterocycles. The second kappa shape index (κ2) is 20.3. The van der Waals surface area contributed by atoms with Crippen LogP contribution in [0.25, 0.3) is 0 Å². The average Bonchev–Trinajstić information content (AvgIpc) is 1.73. The Morgan fingerprint density at radius 1 is 0.611 bits per heavy atom. The smallest absolute Gasteiger partial charge is 0.179 e. The van der Waals surface area contributed by atoms with E-state index in [1.165, 1.54) is 0 Å². The zero-order valence-corrected chi connectivity index (χ0v) is 17.0. The third-order valence-electron chi connectivity index (χ3n) is 0. The predicted molar refractivity (Wildman–Crippen MR) is 77.6 cm³/mol. The van der Waals surface area contributed by atoms with E-state index < -0.39 is 8.32 Å². The number of hydrogen-bond acceptors (Lipinski definition) is 4. The molecule has 0 unspecified atom stereocenters. The Morgan fingerprint density at radius 3 is 0.611 bits per heavy atom. The summed E-state index contributed by atoms with van der Waals surface area (Å²) in [6.45, 7) is 16.0. The second-order valence-corrected chi connectivity index (χ2v) is 9.79. The first-order valence-electron chi connectivity index (χ1n) is 5.96. The van der Waals surface area contributed by atoms with Gasteiger partial charge >= 0.3 is 0 Å². The fourth-order valence-electron chi connectivity index (χ4n) is 0. The maximum atomic E-state index is 8.66. The summed E-state index contributed by atoms with van der Waals surface area (Å²) in [6.07, 6.45) is -0.500. The minimum Gasteiger partial charge on any atom is -0.433 e. The summed E-state index contributed by atoms with van der Waals surface area (Å²) >= 11 is 0. The van der Waals surface area contributed by atoms with Crippen molar-refractivity contribution in [2.75, 3.05) is 0 Å². The molecule has 0 saturated carbocycles. The molecule has 4 nitrogen and oxygen atoms in total. The Labute approximate surface area is 134 Å². The van der Waals surface area contributed by atoms with Crippen molar-refractivity contribution in [1.82, 2.24) is 0 Å². The molecule has 0 bridgehead atoms. The third-order valence-corrected chi connectivity index (χ3v) is 0. The van der Waals surface area contributed by atoms with Gasteiger partial charge in [-0.05, 0) is 61.2 Å². The Hall–Kier alpha value is 0.940. The van der Waals surface area contributed by atoms with Crippen LogP contribution in [-0.4, -0.2) is 46.7 Å². The normalized spacial score (nSPS) is 9.33. The van der Waals surface area contributed by atoms with Crippen LogP contribution in [0.15, 0.2) is 0 Å². The second-order valence-electron chi connectivity index (χ2n) is 5.45. The van der Waals surface area contributed by atoms with Gasteiger partial charge in [0.05, 0.1) is 0 Å². The number of aliphatic hydroxyl groups is 3. The van der Waals surface area contributed by atoms with Crippen molar-refractivity contribution in [2.24, 2.45) is 0 Å². The molecular weight excluding hydrogens is 327 g/mol. The Bertz CT molecular complexity index is 97.2. The third kappa shape index (κ3) is 4870. The van der Waals surface area contributed by atoms with Gasteiger partial charge in [-0.15, -0.1) is 0 Å². The summed E-state index contributed by atoms with van der Waals surface area (Å²) in [7, 11) is -1.61. The van der Waals surface area contributed by atoms with Crippen molar-refractivity contribution in [1.29, 1.82) is 0 Å². The largest absolute Gasteiger partial charge is 0.433 e. The summed E-state index contributed by atoms with van der Waals surface area (Å²) in [5, 5.41) is 24.2. The molecule has 0 radical (unpaired) electrons. The van der Waals surface area contributed by atoms with Gasteiger partial charge in [0.2, 0.25) is 0 Å². The molecule has 0 spiro atoms. The van der Waals surface area contributed by atoms with Crippen molar-refractivity contribution < 1.29 is 46.3 Å². The minimum absolute atomic E-state index is 0. The minimum atomic E-state index is -1.61. The quantitative estimate of drug-likeness (QED) is 0.497.